The highest BCUT2D eigenvalue weighted by Gasteiger charge is 2.25. The van der Waals surface area contributed by atoms with Crippen LogP contribution in [0.5, 0.6) is 0 Å². The number of benzene rings is 6. The minimum Gasteiger partial charge on any atom is -0.461 e. The zero-order valence-electron chi connectivity index (χ0n) is 31.6. The van der Waals surface area contributed by atoms with Gasteiger partial charge in [-0.15, -0.1) is 0 Å². The lowest BCUT2D eigenvalue weighted by Gasteiger charge is -2.24. The number of ether oxygens (including phenoxy) is 2. The molecule has 51 heavy (non-hydrogen) atoms. The van der Waals surface area contributed by atoms with E-state index in [9.17, 15) is 9.59 Å². The van der Waals surface area contributed by atoms with Crippen LogP contribution in [-0.4, -0.2) is 11.9 Å². The third kappa shape index (κ3) is 8.97. The van der Waals surface area contributed by atoms with Crippen molar-refractivity contribution in [3.05, 3.63) is 120 Å². The Morgan fingerprint density at radius 2 is 0.784 bits per heavy atom. The van der Waals surface area contributed by atoms with Crippen LogP contribution in [0.4, 0.5) is 0 Å². The summed E-state index contributed by atoms with van der Waals surface area (Å²) in [7, 11) is 0. The van der Waals surface area contributed by atoms with Gasteiger partial charge in [-0.25, -0.2) is 0 Å². The normalized spacial score (nSPS) is 13.9. The van der Waals surface area contributed by atoms with E-state index >= 15 is 0 Å². The van der Waals surface area contributed by atoms with E-state index in [1.165, 1.54) is 21.5 Å². The number of hydrogen-bond donors (Lipinski definition) is 0. The molecule has 6 rings (SSSR count). The molecule has 0 aliphatic heterocycles. The molecule has 4 unspecified atom stereocenters. The Balaban J connectivity index is 0.000000201. The molecule has 6 aromatic rings. The van der Waals surface area contributed by atoms with Gasteiger partial charge in [-0.05, 0) is 85.3 Å². The third-order valence-electron chi connectivity index (χ3n) is 11.0. The first-order chi connectivity index (χ1) is 24.5. The zero-order valence-corrected chi connectivity index (χ0v) is 31.6. The van der Waals surface area contributed by atoms with Gasteiger partial charge in [0, 0.05) is 11.1 Å². The molecule has 0 aliphatic carbocycles. The molecule has 0 radical (unpaired) electrons. The average molecular weight is 683 g/mol. The highest BCUT2D eigenvalue weighted by atomic mass is 16.5. The summed E-state index contributed by atoms with van der Waals surface area (Å²) in [5.74, 6) is 1.43. The predicted molar refractivity (Wildman–Crippen MR) is 213 cm³/mol. The Morgan fingerprint density at radius 3 is 1.12 bits per heavy atom. The summed E-state index contributed by atoms with van der Waals surface area (Å²) >= 11 is 0. The maximum absolute atomic E-state index is 12.8. The second-order valence-electron chi connectivity index (χ2n) is 15.1. The van der Waals surface area contributed by atoms with Crippen molar-refractivity contribution in [1.29, 1.82) is 0 Å². The molecule has 266 valence electrons. The van der Waals surface area contributed by atoms with E-state index in [4.69, 9.17) is 9.47 Å². The van der Waals surface area contributed by atoms with Gasteiger partial charge in [0.05, 0.1) is 11.8 Å². The lowest BCUT2D eigenvalue weighted by molar-refractivity contribution is -0.151. The van der Waals surface area contributed by atoms with E-state index in [0.29, 0.717) is 31.0 Å². The molecule has 4 nitrogen and oxygen atoms in total. The van der Waals surface area contributed by atoms with Crippen molar-refractivity contribution in [2.45, 2.75) is 75.0 Å². The molecular formula is C47H54O4. The molecule has 0 saturated carbocycles. The molecule has 0 aliphatic rings. The molecule has 0 heterocycles. The van der Waals surface area contributed by atoms with Crippen molar-refractivity contribution >= 4 is 55.0 Å². The van der Waals surface area contributed by atoms with Gasteiger partial charge in [-0.1, -0.05) is 152 Å². The predicted octanol–water partition coefficient (Wildman–Crippen LogP) is 12.3. The van der Waals surface area contributed by atoms with Crippen LogP contribution >= 0.6 is 0 Å². The van der Waals surface area contributed by atoms with Crippen LogP contribution in [0, 0.1) is 35.5 Å². The van der Waals surface area contributed by atoms with Crippen molar-refractivity contribution in [2.24, 2.45) is 35.5 Å². The summed E-state index contributed by atoms with van der Waals surface area (Å²) < 4.78 is 11.5. The van der Waals surface area contributed by atoms with Crippen LogP contribution in [0.3, 0.4) is 0 Å². The fraction of sp³-hybridized carbons (Fsp3) is 0.362. The van der Waals surface area contributed by atoms with Gasteiger partial charge in [0.25, 0.3) is 0 Å². The number of carbonyl (C=O) groups excluding carboxylic acids is 2. The molecule has 0 fully saturated rings. The molecule has 0 amide bonds. The first-order valence-corrected chi connectivity index (χ1v) is 18.6. The van der Waals surface area contributed by atoms with Gasteiger partial charge in [-0.3, -0.25) is 9.59 Å². The van der Waals surface area contributed by atoms with Crippen LogP contribution in [0.25, 0.3) is 43.1 Å². The lowest BCUT2D eigenvalue weighted by Crippen LogP contribution is -2.24. The highest BCUT2D eigenvalue weighted by Crippen LogP contribution is 2.32. The molecule has 0 N–H and O–H groups in total. The monoisotopic (exact) mass is 682 g/mol. The van der Waals surface area contributed by atoms with E-state index in [2.05, 4.69) is 88.4 Å². The molecule has 4 atom stereocenters. The fourth-order valence-corrected chi connectivity index (χ4v) is 6.64. The van der Waals surface area contributed by atoms with Crippen molar-refractivity contribution in [3.63, 3.8) is 0 Å². The van der Waals surface area contributed by atoms with E-state index < -0.39 is 0 Å². The number of hydrogen-bond acceptors (Lipinski definition) is 4. The van der Waals surface area contributed by atoms with Crippen LogP contribution in [-0.2, 0) is 32.3 Å². The topological polar surface area (TPSA) is 52.6 Å². The Bertz CT molecular complexity index is 2000. The maximum atomic E-state index is 12.8. The summed E-state index contributed by atoms with van der Waals surface area (Å²) in [6.45, 7) is 17.6. The van der Waals surface area contributed by atoms with Crippen LogP contribution in [0.1, 0.15) is 72.9 Å². The third-order valence-corrected chi connectivity index (χ3v) is 11.0. The molecule has 0 saturated heterocycles. The Kier molecular flexibility index (Phi) is 12.5. The molecule has 0 bridgehead atoms. The summed E-state index contributed by atoms with van der Waals surface area (Å²) in [5, 5.41) is 9.32. The average Bonchev–Trinajstić information content (AvgIpc) is 3.14. The number of fused-ring (bicyclic) bond motifs is 4. The number of rotatable bonds is 11. The van der Waals surface area contributed by atoms with Crippen LogP contribution in [0.15, 0.2) is 109 Å². The molecule has 0 aromatic heterocycles. The first kappa shape index (κ1) is 37.6. The van der Waals surface area contributed by atoms with Gasteiger partial charge in [0.2, 0.25) is 0 Å². The summed E-state index contributed by atoms with van der Waals surface area (Å²) in [4.78, 5) is 25.0. The molecule has 6 aromatic carbocycles. The Labute approximate surface area is 304 Å². The molecular weight excluding hydrogens is 629 g/mol. The summed E-state index contributed by atoms with van der Waals surface area (Å²) in [6, 6.07) is 37.5. The van der Waals surface area contributed by atoms with E-state index in [1.54, 1.807) is 0 Å². The smallest absolute Gasteiger partial charge is 0.309 e. The number of carbonyl (C=O) groups is 2. The maximum Gasteiger partial charge on any atom is 0.309 e. The van der Waals surface area contributed by atoms with Crippen LogP contribution < -0.4 is 0 Å². The molecule has 4 heteroatoms. The van der Waals surface area contributed by atoms with E-state index in [1.807, 2.05) is 76.2 Å². The van der Waals surface area contributed by atoms with E-state index in [-0.39, 0.29) is 29.7 Å². The Hall–Kier alpha value is -4.70. The highest BCUT2D eigenvalue weighted by molar-refractivity contribution is 6.03. The zero-order chi connectivity index (χ0) is 36.7. The van der Waals surface area contributed by atoms with Crippen LogP contribution in [0.2, 0.25) is 0 Å². The second-order valence-corrected chi connectivity index (χ2v) is 15.1. The largest absolute Gasteiger partial charge is 0.461 e. The van der Waals surface area contributed by atoms with Gasteiger partial charge in [0.1, 0.15) is 13.2 Å². The second kappa shape index (κ2) is 17.0. The summed E-state index contributed by atoms with van der Waals surface area (Å²) in [6.07, 6.45) is 1.05. The Morgan fingerprint density at radius 1 is 0.451 bits per heavy atom. The van der Waals surface area contributed by atoms with Crippen molar-refractivity contribution in [1.82, 2.24) is 0 Å². The van der Waals surface area contributed by atoms with Gasteiger partial charge < -0.3 is 9.47 Å². The minimum absolute atomic E-state index is 0.0868. The standard InChI is InChI=1S/C26H32O2.C21H22O2/c1-17(2)18(3)14-19(4)20(5)26(27)28-16-25-23-12-8-6-10-21(23)15-22-11-7-9-13-24(22)25;1-14(2)15(3)21(22)23-13-20-18-10-6-4-8-16(18)12-17-9-5-7-11-19(17)20/h6-13,15,17-20H,14,16H2,1-5H3;4-12,14-15H,13H2,1-3H3. The van der Waals surface area contributed by atoms with Gasteiger partial charge in [0.15, 0.2) is 0 Å². The van der Waals surface area contributed by atoms with Gasteiger partial charge in [-0.2, -0.15) is 0 Å². The number of esters is 2. The van der Waals surface area contributed by atoms with Gasteiger partial charge >= 0.3 is 11.9 Å². The SMILES string of the molecule is CC(C)C(C)C(=O)OCc1c2ccccc2cc2ccccc12.CC(C)C(C)CC(C)C(C)C(=O)OCc1c2ccccc2cc2ccccc12. The lowest BCUT2D eigenvalue weighted by atomic mass is 9.83. The van der Waals surface area contributed by atoms with Crippen molar-refractivity contribution in [2.75, 3.05) is 0 Å². The fourth-order valence-electron chi connectivity index (χ4n) is 6.64. The molecule has 0 spiro atoms. The van der Waals surface area contributed by atoms with Crippen molar-refractivity contribution in [3.8, 4) is 0 Å². The van der Waals surface area contributed by atoms with Crippen molar-refractivity contribution < 1.29 is 19.1 Å². The quantitative estimate of drug-likeness (QED) is 0.101. The first-order valence-electron chi connectivity index (χ1n) is 18.6. The van der Waals surface area contributed by atoms with E-state index in [0.717, 1.165) is 39.1 Å². The summed E-state index contributed by atoms with van der Waals surface area (Å²) in [5.41, 5.74) is 2.18. The minimum atomic E-state index is -0.128.